The predicted octanol–water partition coefficient (Wildman–Crippen LogP) is 2.71. The van der Waals surface area contributed by atoms with E-state index in [2.05, 4.69) is 4.85 Å². The molecule has 0 amide bonds. The minimum Gasteiger partial charge on any atom is -0.302 e. The molecule has 0 aromatic heterocycles. The highest BCUT2D eigenvalue weighted by Crippen LogP contribution is 2.24. The van der Waals surface area contributed by atoms with Gasteiger partial charge in [0, 0.05) is 5.41 Å². The lowest BCUT2D eigenvalue weighted by Crippen LogP contribution is -2.18. The van der Waals surface area contributed by atoms with E-state index in [1.807, 2.05) is 19.9 Å². The number of benzene rings is 1. The molecule has 0 aliphatic heterocycles. The van der Waals surface area contributed by atoms with E-state index in [9.17, 15) is 4.79 Å². The summed E-state index contributed by atoms with van der Waals surface area (Å²) in [7, 11) is 0. The Hall–Kier alpha value is -1.62. The van der Waals surface area contributed by atoms with Crippen molar-refractivity contribution in [1.82, 2.24) is 0 Å². The van der Waals surface area contributed by atoms with Crippen LogP contribution in [0.1, 0.15) is 19.4 Å². The molecule has 2 nitrogen and oxygen atoms in total. The normalized spacial score (nSPS) is 10.5. The van der Waals surface area contributed by atoms with Crippen LogP contribution in [0, 0.1) is 6.57 Å². The van der Waals surface area contributed by atoms with Crippen molar-refractivity contribution >= 4 is 12.0 Å². The molecule has 0 bridgehead atoms. The predicted molar refractivity (Wildman–Crippen MR) is 51.8 cm³/mol. The SMILES string of the molecule is [C-]#[N+]c1cccc(C(C)(C)C=O)c1. The fourth-order valence-electron chi connectivity index (χ4n) is 1.04. The summed E-state index contributed by atoms with van der Waals surface area (Å²) in [6.07, 6.45) is 0.899. The molecule has 0 fully saturated rings. The molecule has 66 valence electrons. The van der Waals surface area contributed by atoms with Crippen LogP contribution in [0.4, 0.5) is 5.69 Å². The Morgan fingerprint density at radius 1 is 1.46 bits per heavy atom. The molecule has 2 heteroatoms. The molecule has 1 aromatic rings. The van der Waals surface area contributed by atoms with Crippen molar-refractivity contribution in [1.29, 1.82) is 0 Å². The van der Waals surface area contributed by atoms with Crippen LogP contribution in [-0.2, 0) is 10.2 Å². The fraction of sp³-hybridized carbons (Fsp3) is 0.273. The second kappa shape index (κ2) is 3.40. The van der Waals surface area contributed by atoms with Crippen LogP contribution >= 0.6 is 0 Å². The number of carbonyl (C=O) groups excluding carboxylic acids is 1. The molecule has 0 saturated carbocycles. The Balaban J connectivity index is 3.17. The Kier molecular flexibility index (Phi) is 2.48. The highest BCUT2D eigenvalue weighted by molar-refractivity contribution is 5.68. The van der Waals surface area contributed by atoms with Gasteiger partial charge in [-0.25, -0.2) is 4.85 Å². The third-order valence-corrected chi connectivity index (χ3v) is 2.01. The zero-order chi connectivity index (χ0) is 9.90. The summed E-state index contributed by atoms with van der Waals surface area (Å²) in [6.45, 7) is 10.5. The molecule has 0 N–H and O–H groups in total. The summed E-state index contributed by atoms with van der Waals surface area (Å²) in [6, 6.07) is 7.15. The lowest BCUT2D eigenvalue weighted by Gasteiger charge is -2.17. The van der Waals surface area contributed by atoms with Crippen molar-refractivity contribution in [2.45, 2.75) is 19.3 Å². The second-order valence-electron chi connectivity index (χ2n) is 3.50. The molecule has 0 aliphatic rings. The fourth-order valence-corrected chi connectivity index (χ4v) is 1.04. The van der Waals surface area contributed by atoms with Gasteiger partial charge in [-0.1, -0.05) is 24.3 Å². The average molecular weight is 173 g/mol. The number of rotatable bonds is 2. The van der Waals surface area contributed by atoms with E-state index in [0.29, 0.717) is 5.69 Å². The minimum atomic E-state index is -0.499. The molecule has 0 atom stereocenters. The molecule has 0 aliphatic carbocycles. The van der Waals surface area contributed by atoms with Crippen LogP contribution in [0.5, 0.6) is 0 Å². The molecule has 0 heterocycles. The summed E-state index contributed by atoms with van der Waals surface area (Å²) in [5.74, 6) is 0. The maximum Gasteiger partial charge on any atom is 0.187 e. The van der Waals surface area contributed by atoms with Gasteiger partial charge in [0.15, 0.2) is 5.69 Å². The number of nitrogens with zero attached hydrogens (tertiary/aromatic N) is 1. The molecule has 0 spiro atoms. The average Bonchev–Trinajstić information content (AvgIpc) is 2.18. The summed E-state index contributed by atoms with van der Waals surface area (Å²) in [4.78, 5) is 14.1. The number of hydrogen-bond donors (Lipinski definition) is 0. The van der Waals surface area contributed by atoms with Crippen molar-refractivity contribution in [3.8, 4) is 0 Å². The third-order valence-electron chi connectivity index (χ3n) is 2.01. The Bertz CT molecular complexity index is 361. The van der Waals surface area contributed by atoms with E-state index >= 15 is 0 Å². The summed E-state index contributed by atoms with van der Waals surface area (Å²) < 4.78 is 0. The third kappa shape index (κ3) is 1.94. The van der Waals surface area contributed by atoms with E-state index in [-0.39, 0.29) is 0 Å². The molecule has 1 aromatic carbocycles. The topological polar surface area (TPSA) is 21.4 Å². The van der Waals surface area contributed by atoms with Gasteiger partial charge in [0.2, 0.25) is 0 Å². The largest absolute Gasteiger partial charge is 0.302 e. The van der Waals surface area contributed by atoms with Gasteiger partial charge in [0.1, 0.15) is 6.29 Å². The molecule has 0 radical (unpaired) electrons. The lowest BCUT2D eigenvalue weighted by atomic mass is 9.86. The first kappa shape index (κ1) is 9.47. The second-order valence-corrected chi connectivity index (χ2v) is 3.50. The summed E-state index contributed by atoms with van der Waals surface area (Å²) in [5.41, 5.74) is 0.962. The number of aldehydes is 1. The number of carbonyl (C=O) groups is 1. The zero-order valence-electron chi connectivity index (χ0n) is 7.74. The van der Waals surface area contributed by atoms with Crippen LogP contribution in [0.15, 0.2) is 24.3 Å². The Morgan fingerprint density at radius 2 is 2.15 bits per heavy atom. The van der Waals surface area contributed by atoms with E-state index < -0.39 is 5.41 Å². The van der Waals surface area contributed by atoms with E-state index in [1.54, 1.807) is 18.2 Å². The van der Waals surface area contributed by atoms with Gasteiger partial charge in [-0.2, -0.15) is 0 Å². The Morgan fingerprint density at radius 3 is 2.69 bits per heavy atom. The van der Waals surface area contributed by atoms with Crippen molar-refractivity contribution in [3.05, 3.63) is 41.2 Å². The maximum atomic E-state index is 10.7. The Labute approximate surface area is 78.0 Å². The first-order valence-corrected chi connectivity index (χ1v) is 4.04. The quantitative estimate of drug-likeness (QED) is 0.497. The highest BCUT2D eigenvalue weighted by Gasteiger charge is 2.18. The van der Waals surface area contributed by atoms with Crippen LogP contribution in [0.3, 0.4) is 0 Å². The molecule has 0 unspecified atom stereocenters. The van der Waals surface area contributed by atoms with Crippen molar-refractivity contribution in [2.75, 3.05) is 0 Å². The van der Waals surface area contributed by atoms with Crippen molar-refractivity contribution in [3.63, 3.8) is 0 Å². The highest BCUT2D eigenvalue weighted by atomic mass is 16.1. The molecule has 1 rings (SSSR count). The maximum absolute atomic E-state index is 10.7. The first-order chi connectivity index (χ1) is 6.10. The van der Waals surface area contributed by atoms with E-state index in [4.69, 9.17) is 6.57 Å². The number of hydrogen-bond acceptors (Lipinski definition) is 1. The van der Waals surface area contributed by atoms with Crippen LogP contribution in [0.2, 0.25) is 0 Å². The van der Waals surface area contributed by atoms with Crippen molar-refractivity contribution in [2.24, 2.45) is 0 Å². The zero-order valence-corrected chi connectivity index (χ0v) is 7.74. The van der Waals surface area contributed by atoms with E-state index in [1.165, 1.54) is 0 Å². The summed E-state index contributed by atoms with van der Waals surface area (Å²) in [5, 5.41) is 0. The van der Waals surface area contributed by atoms with Gasteiger partial charge in [-0.05, 0) is 19.4 Å². The smallest absolute Gasteiger partial charge is 0.187 e. The first-order valence-electron chi connectivity index (χ1n) is 4.04. The molecule has 0 saturated heterocycles. The van der Waals surface area contributed by atoms with E-state index in [0.717, 1.165) is 11.8 Å². The lowest BCUT2D eigenvalue weighted by molar-refractivity contribution is -0.111. The molecular formula is C11H11NO. The van der Waals surface area contributed by atoms with Crippen LogP contribution < -0.4 is 0 Å². The van der Waals surface area contributed by atoms with Crippen LogP contribution in [-0.4, -0.2) is 6.29 Å². The minimum absolute atomic E-state index is 0.499. The molecular weight excluding hydrogens is 162 g/mol. The van der Waals surface area contributed by atoms with Gasteiger partial charge >= 0.3 is 0 Å². The summed E-state index contributed by atoms with van der Waals surface area (Å²) >= 11 is 0. The van der Waals surface area contributed by atoms with Crippen LogP contribution in [0.25, 0.3) is 4.85 Å². The monoisotopic (exact) mass is 173 g/mol. The van der Waals surface area contributed by atoms with Crippen molar-refractivity contribution < 1.29 is 4.79 Å². The van der Waals surface area contributed by atoms with Gasteiger partial charge in [-0.15, -0.1) is 0 Å². The van der Waals surface area contributed by atoms with Gasteiger partial charge in [-0.3, -0.25) is 0 Å². The van der Waals surface area contributed by atoms with Gasteiger partial charge < -0.3 is 4.79 Å². The van der Waals surface area contributed by atoms with Gasteiger partial charge in [0.05, 0.1) is 6.57 Å². The molecule has 13 heavy (non-hydrogen) atoms. The standard InChI is InChI=1S/C11H11NO/c1-11(2,8-13)9-5-4-6-10(7-9)12-3/h4-8H,1-2H3. The van der Waals surface area contributed by atoms with Gasteiger partial charge in [0.25, 0.3) is 0 Å².